The van der Waals surface area contributed by atoms with E-state index in [1.807, 2.05) is 0 Å². The summed E-state index contributed by atoms with van der Waals surface area (Å²) in [6.45, 7) is 1.80. The molecule has 0 fully saturated rings. The first kappa shape index (κ1) is 19.4. The number of methoxy groups -OCH3 is 1. The van der Waals surface area contributed by atoms with Crippen LogP contribution >= 0.6 is 0 Å². The van der Waals surface area contributed by atoms with E-state index in [-0.39, 0.29) is 11.3 Å². The lowest BCUT2D eigenvalue weighted by atomic mass is 9.99. The molecule has 0 atom stereocenters. The molecule has 0 spiro atoms. The highest BCUT2D eigenvalue weighted by Gasteiger charge is 2.16. The molecular weight excluding hydrogens is 387 g/mol. The van der Waals surface area contributed by atoms with Crippen LogP contribution < -0.4 is 15.1 Å². The van der Waals surface area contributed by atoms with Crippen LogP contribution in [0, 0.1) is 12.7 Å². The van der Waals surface area contributed by atoms with E-state index >= 15 is 0 Å². The average molecular weight is 404 g/mol. The van der Waals surface area contributed by atoms with Crippen LogP contribution in [-0.4, -0.2) is 13.1 Å². The topological polar surface area (TPSA) is 65.7 Å². The van der Waals surface area contributed by atoms with E-state index in [0.717, 1.165) is 6.07 Å². The minimum Gasteiger partial charge on any atom is -0.497 e. The van der Waals surface area contributed by atoms with Gasteiger partial charge >= 0.3 is 11.6 Å². The van der Waals surface area contributed by atoms with Crippen molar-refractivity contribution in [1.29, 1.82) is 0 Å². The molecule has 1 aromatic heterocycles. The summed E-state index contributed by atoms with van der Waals surface area (Å²) >= 11 is 0. The fourth-order valence-electron chi connectivity index (χ4n) is 3.27. The second-order valence-electron chi connectivity index (χ2n) is 6.68. The van der Waals surface area contributed by atoms with E-state index in [4.69, 9.17) is 13.9 Å². The second-order valence-corrected chi connectivity index (χ2v) is 6.68. The molecular formula is C24H17FO5. The molecule has 0 N–H and O–H groups in total. The minimum atomic E-state index is -0.681. The molecule has 1 heterocycles. The first-order valence-electron chi connectivity index (χ1n) is 9.16. The van der Waals surface area contributed by atoms with Crippen LogP contribution in [0.3, 0.4) is 0 Å². The third kappa shape index (κ3) is 3.67. The smallest absolute Gasteiger partial charge is 0.344 e. The highest BCUT2D eigenvalue weighted by atomic mass is 19.1. The van der Waals surface area contributed by atoms with Gasteiger partial charge in [-0.3, -0.25) is 0 Å². The number of carbonyl (C=O) groups is 1. The van der Waals surface area contributed by atoms with Gasteiger partial charge in [0.25, 0.3) is 0 Å². The first-order valence-corrected chi connectivity index (χ1v) is 9.16. The van der Waals surface area contributed by atoms with Crippen molar-refractivity contribution in [2.24, 2.45) is 0 Å². The van der Waals surface area contributed by atoms with Crippen LogP contribution in [-0.2, 0) is 0 Å². The van der Waals surface area contributed by atoms with Gasteiger partial charge in [0.15, 0.2) is 0 Å². The molecule has 0 radical (unpaired) electrons. The Labute approximate surface area is 171 Å². The molecule has 4 rings (SSSR count). The van der Waals surface area contributed by atoms with E-state index < -0.39 is 17.4 Å². The van der Waals surface area contributed by atoms with Gasteiger partial charge in [0.2, 0.25) is 0 Å². The zero-order valence-electron chi connectivity index (χ0n) is 16.3. The van der Waals surface area contributed by atoms with E-state index in [9.17, 15) is 14.0 Å². The van der Waals surface area contributed by atoms with Crippen molar-refractivity contribution in [1.82, 2.24) is 0 Å². The molecule has 30 heavy (non-hydrogen) atoms. The Bertz CT molecular complexity index is 1310. The lowest BCUT2D eigenvalue weighted by Gasteiger charge is -2.10. The lowest BCUT2D eigenvalue weighted by molar-refractivity contribution is 0.0734. The number of esters is 1. The summed E-state index contributed by atoms with van der Waals surface area (Å²) in [4.78, 5) is 24.9. The monoisotopic (exact) mass is 404 g/mol. The van der Waals surface area contributed by atoms with Crippen LogP contribution in [0.5, 0.6) is 11.5 Å². The fourth-order valence-corrected chi connectivity index (χ4v) is 3.27. The van der Waals surface area contributed by atoms with Crippen molar-refractivity contribution >= 4 is 16.9 Å². The Balaban J connectivity index is 1.74. The number of carbonyl (C=O) groups excluding carboxylic acids is 1. The maximum Gasteiger partial charge on any atom is 0.344 e. The summed E-state index contributed by atoms with van der Waals surface area (Å²) in [5.74, 6) is -0.272. The van der Waals surface area contributed by atoms with E-state index in [1.54, 1.807) is 50.4 Å². The number of aryl methyl sites for hydroxylation is 1. The van der Waals surface area contributed by atoms with Crippen LogP contribution in [0.25, 0.3) is 22.1 Å². The normalized spacial score (nSPS) is 10.8. The summed E-state index contributed by atoms with van der Waals surface area (Å²) < 4.78 is 29.4. The second kappa shape index (κ2) is 7.83. The van der Waals surface area contributed by atoms with Crippen molar-refractivity contribution in [2.45, 2.75) is 6.92 Å². The standard InChI is InChI=1S/C24H17FO5/c1-14-20-13-19(29-23(26)16-4-3-5-17(25)12-16)10-11-21(20)30-24(27)22(14)15-6-8-18(28-2)9-7-15/h3-13H,1-2H3. The zero-order valence-corrected chi connectivity index (χ0v) is 16.3. The Morgan fingerprint density at radius 2 is 1.70 bits per heavy atom. The van der Waals surface area contributed by atoms with Crippen molar-refractivity contribution in [3.05, 3.63) is 94.1 Å². The van der Waals surface area contributed by atoms with E-state index in [2.05, 4.69) is 0 Å². The van der Waals surface area contributed by atoms with Gasteiger partial charge in [0.05, 0.1) is 18.2 Å². The van der Waals surface area contributed by atoms with Crippen LogP contribution in [0.2, 0.25) is 0 Å². The summed E-state index contributed by atoms with van der Waals surface area (Å²) in [6, 6.07) is 17.0. The molecule has 3 aromatic carbocycles. The summed E-state index contributed by atoms with van der Waals surface area (Å²) in [6.07, 6.45) is 0. The SMILES string of the molecule is COc1ccc(-c2c(C)c3cc(OC(=O)c4cccc(F)c4)ccc3oc2=O)cc1. The number of ether oxygens (including phenoxy) is 2. The van der Waals surface area contributed by atoms with Gasteiger partial charge in [-0.25, -0.2) is 14.0 Å². The number of hydrogen-bond donors (Lipinski definition) is 0. The van der Waals surface area contributed by atoms with Crippen LogP contribution in [0.1, 0.15) is 15.9 Å². The third-order valence-electron chi connectivity index (χ3n) is 4.79. The first-order chi connectivity index (χ1) is 14.5. The average Bonchev–Trinajstić information content (AvgIpc) is 2.74. The lowest BCUT2D eigenvalue weighted by Crippen LogP contribution is -2.09. The van der Waals surface area contributed by atoms with E-state index in [1.165, 1.54) is 24.3 Å². The fraction of sp³-hybridized carbons (Fsp3) is 0.0833. The van der Waals surface area contributed by atoms with Crippen molar-refractivity contribution in [2.75, 3.05) is 7.11 Å². The maximum atomic E-state index is 13.4. The molecule has 5 nitrogen and oxygen atoms in total. The van der Waals surface area contributed by atoms with Gasteiger partial charge in [-0.15, -0.1) is 0 Å². The Morgan fingerprint density at radius 1 is 0.967 bits per heavy atom. The Hall–Kier alpha value is -3.93. The molecule has 0 bridgehead atoms. The van der Waals surface area contributed by atoms with Gasteiger partial charge in [-0.1, -0.05) is 18.2 Å². The van der Waals surface area contributed by atoms with Crippen molar-refractivity contribution < 1.29 is 23.1 Å². The predicted octanol–water partition coefficient (Wildman–Crippen LogP) is 5.14. The zero-order chi connectivity index (χ0) is 21.3. The third-order valence-corrected chi connectivity index (χ3v) is 4.79. The number of benzene rings is 3. The van der Waals surface area contributed by atoms with Gasteiger partial charge < -0.3 is 13.9 Å². The van der Waals surface area contributed by atoms with Gasteiger partial charge in [-0.05, 0) is 66.6 Å². The quantitative estimate of drug-likeness (QED) is 0.268. The number of hydrogen-bond acceptors (Lipinski definition) is 5. The van der Waals surface area contributed by atoms with Crippen molar-refractivity contribution in [3.8, 4) is 22.6 Å². The predicted molar refractivity (Wildman–Crippen MR) is 111 cm³/mol. The van der Waals surface area contributed by atoms with Gasteiger partial charge in [-0.2, -0.15) is 0 Å². The summed E-state index contributed by atoms with van der Waals surface area (Å²) in [5.41, 5.74) is 1.81. The Morgan fingerprint density at radius 3 is 2.40 bits per heavy atom. The molecule has 0 unspecified atom stereocenters. The number of rotatable bonds is 4. The maximum absolute atomic E-state index is 13.4. The van der Waals surface area contributed by atoms with Crippen LogP contribution in [0.4, 0.5) is 4.39 Å². The van der Waals surface area contributed by atoms with Crippen LogP contribution in [0.15, 0.2) is 75.9 Å². The molecule has 150 valence electrons. The minimum absolute atomic E-state index is 0.102. The molecule has 0 saturated heterocycles. The molecule has 0 amide bonds. The Kier molecular flexibility index (Phi) is 5.06. The highest BCUT2D eigenvalue weighted by molar-refractivity contribution is 5.92. The summed E-state index contributed by atoms with van der Waals surface area (Å²) in [5, 5.41) is 0.630. The molecule has 6 heteroatoms. The number of halogens is 1. The largest absolute Gasteiger partial charge is 0.497 e. The van der Waals surface area contributed by atoms with Gasteiger partial charge in [0, 0.05) is 5.39 Å². The van der Waals surface area contributed by atoms with Gasteiger partial charge in [0.1, 0.15) is 22.9 Å². The molecule has 0 saturated carbocycles. The highest BCUT2D eigenvalue weighted by Crippen LogP contribution is 2.30. The summed E-state index contributed by atoms with van der Waals surface area (Å²) in [7, 11) is 1.57. The van der Waals surface area contributed by atoms with E-state index in [0.29, 0.717) is 33.4 Å². The van der Waals surface area contributed by atoms with Crippen molar-refractivity contribution in [3.63, 3.8) is 0 Å². The molecule has 0 aliphatic rings. The molecule has 0 aliphatic carbocycles. The molecule has 0 aliphatic heterocycles. The molecule has 4 aromatic rings. The number of fused-ring (bicyclic) bond motifs is 1.